The monoisotopic (exact) mass is 276 g/mol. The Hall–Kier alpha value is -1.25. The van der Waals surface area contributed by atoms with Gasteiger partial charge in [0.15, 0.2) is 0 Å². The van der Waals surface area contributed by atoms with Crippen LogP contribution in [0.2, 0.25) is 0 Å². The third kappa shape index (κ3) is 2.19. The molecule has 2 atom stereocenters. The average Bonchev–Trinajstić information content (AvgIpc) is 2.41. The van der Waals surface area contributed by atoms with Crippen LogP contribution in [0.3, 0.4) is 0 Å². The first-order chi connectivity index (χ1) is 9.12. The lowest BCUT2D eigenvalue weighted by molar-refractivity contribution is 0.00621. The van der Waals surface area contributed by atoms with E-state index in [0.29, 0.717) is 24.0 Å². The average molecular weight is 276 g/mol. The molecule has 2 saturated heterocycles. The quantitative estimate of drug-likeness (QED) is 0.845. The van der Waals surface area contributed by atoms with E-state index in [4.69, 9.17) is 5.26 Å². The SMILES string of the molecule is N#Cc1cncc(C2(O)CC3CCCC(C2)S3=O)c1. The first-order valence-electron chi connectivity index (χ1n) is 6.60. The van der Waals surface area contributed by atoms with Gasteiger partial charge in [0.25, 0.3) is 0 Å². The van der Waals surface area contributed by atoms with Crippen molar-refractivity contribution in [1.82, 2.24) is 4.98 Å². The molecule has 0 radical (unpaired) electrons. The van der Waals surface area contributed by atoms with Gasteiger partial charge in [-0.3, -0.25) is 9.19 Å². The molecule has 4 nitrogen and oxygen atoms in total. The van der Waals surface area contributed by atoms with E-state index in [1.165, 1.54) is 6.20 Å². The Labute approximate surface area is 114 Å². The molecule has 0 amide bonds. The maximum Gasteiger partial charge on any atom is 0.101 e. The predicted octanol–water partition coefficient (Wildman–Crippen LogP) is 1.60. The molecule has 2 unspecified atom stereocenters. The standard InChI is InChI=1S/C14H16N2O2S/c15-7-10-4-11(9-16-8-10)14(17)5-12-2-1-3-13(6-14)19(12)18/h4,8-9,12-13,17H,1-3,5-6H2. The molecule has 100 valence electrons. The molecular formula is C14H16N2O2S. The van der Waals surface area contributed by atoms with Crippen molar-refractivity contribution in [3.63, 3.8) is 0 Å². The predicted molar refractivity (Wildman–Crippen MR) is 71.7 cm³/mol. The van der Waals surface area contributed by atoms with Gasteiger partial charge < -0.3 is 5.11 Å². The normalized spacial score (nSPS) is 37.6. The highest BCUT2D eigenvalue weighted by Gasteiger charge is 2.46. The minimum atomic E-state index is -0.969. The summed E-state index contributed by atoms with van der Waals surface area (Å²) in [5, 5.41) is 20.0. The zero-order valence-corrected chi connectivity index (χ0v) is 11.4. The molecule has 1 aromatic rings. The second kappa shape index (κ2) is 4.69. The summed E-state index contributed by atoms with van der Waals surface area (Å²) in [7, 11) is -0.809. The minimum Gasteiger partial charge on any atom is -0.385 e. The van der Waals surface area contributed by atoms with E-state index in [-0.39, 0.29) is 10.5 Å². The van der Waals surface area contributed by atoms with Crippen LogP contribution >= 0.6 is 0 Å². The van der Waals surface area contributed by atoms with E-state index in [1.807, 2.05) is 6.07 Å². The van der Waals surface area contributed by atoms with Crippen molar-refractivity contribution >= 4 is 10.8 Å². The van der Waals surface area contributed by atoms with Crippen LogP contribution in [-0.4, -0.2) is 24.8 Å². The van der Waals surface area contributed by atoms with Gasteiger partial charge in [-0.05, 0) is 31.7 Å². The summed E-state index contributed by atoms with van der Waals surface area (Å²) in [6.45, 7) is 0. The van der Waals surface area contributed by atoms with Gasteiger partial charge in [0.1, 0.15) is 6.07 Å². The highest BCUT2D eigenvalue weighted by Crippen LogP contribution is 2.44. The topological polar surface area (TPSA) is 74.0 Å². The van der Waals surface area contributed by atoms with Crippen LogP contribution in [0.5, 0.6) is 0 Å². The van der Waals surface area contributed by atoms with Gasteiger partial charge >= 0.3 is 0 Å². The maximum absolute atomic E-state index is 12.2. The van der Waals surface area contributed by atoms with E-state index in [9.17, 15) is 9.32 Å². The van der Waals surface area contributed by atoms with E-state index in [1.54, 1.807) is 12.3 Å². The van der Waals surface area contributed by atoms with Gasteiger partial charge in [0.05, 0.1) is 11.2 Å². The number of hydrogen-bond acceptors (Lipinski definition) is 4. The lowest BCUT2D eigenvalue weighted by atomic mass is 9.81. The fourth-order valence-corrected chi connectivity index (χ4v) is 5.50. The number of aromatic nitrogens is 1. The van der Waals surface area contributed by atoms with Crippen LogP contribution in [0.1, 0.15) is 43.2 Å². The fourth-order valence-electron chi connectivity index (χ4n) is 3.27. The summed E-state index contributed by atoms with van der Waals surface area (Å²) in [5.74, 6) is 0. The maximum atomic E-state index is 12.2. The number of rotatable bonds is 1. The van der Waals surface area contributed by atoms with Crippen molar-refractivity contribution in [2.45, 2.75) is 48.2 Å². The molecule has 0 saturated carbocycles. The van der Waals surface area contributed by atoms with E-state index in [2.05, 4.69) is 4.98 Å². The van der Waals surface area contributed by atoms with Crippen molar-refractivity contribution in [1.29, 1.82) is 5.26 Å². The van der Waals surface area contributed by atoms with Gasteiger partial charge in [0, 0.05) is 39.3 Å². The van der Waals surface area contributed by atoms with Gasteiger partial charge in [0.2, 0.25) is 0 Å². The molecule has 5 heteroatoms. The van der Waals surface area contributed by atoms with E-state index < -0.39 is 16.4 Å². The van der Waals surface area contributed by atoms with Gasteiger partial charge in [-0.25, -0.2) is 0 Å². The van der Waals surface area contributed by atoms with Crippen LogP contribution in [0.25, 0.3) is 0 Å². The molecule has 3 rings (SSSR count). The Bertz CT molecular complexity index is 551. The van der Waals surface area contributed by atoms with Crippen LogP contribution in [0, 0.1) is 11.3 Å². The molecule has 0 spiro atoms. The van der Waals surface area contributed by atoms with Crippen molar-refractivity contribution in [2.24, 2.45) is 0 Å². The summed E-state index contributed by atoms with van der Waals surface area (Å²) in [4.78, 5) is 4.03. The lowest BCUT2D eigenvalue weighted by Crippen LogP contribution is -2.47. The summed E-state index contributed by atoms with van der Waals surface area (Å²) in [6, 6.07) is 3.75. The largest absolute Gasteiger partial charge is 0.385 e. The molecule has 19 heavy (non-hydrogen) atoms. The van der Waals surface area contributed by atoms with Crippen molar-refractivity contribution < 1.29 is 9.32 Å². The second-order valence-electron chi connectivity index (χ2n) is 5.52. The summed E-state index contributed by atoms with van der Waals surface area (Å²) < 4.78 is 12.2. The van der Waals surface area contributed by atoms with Crippen LogP contribution in [0.15, 0.2) is 18.5 Å². The van der Waals surface area contributed by atoms with Crippen molar-refractivity contribution in [2.75, 3.05) is 0 Å². The Kier molecular flexibility index (Phi) is 3.15. The number of pyridine rings is 1. The molecule has 2 fully saturated rings. The van der Waals surface area contributed by atoms with Gasteiger partial charge in [-0.15, -0.1) is 0 Å². The highest BCUT2D eigenvalue weighted by atomic mass is 32.2. The van der Waals surface area contributed by atoms with Gasteiger partial charge in [-0.2, -0.15) is 5.26 Å². The molecule has 2 aliphatic rings. The zero-order chi connectivity index (χ0) is 13.5. The third-order valence-electron chi connectivity index (χ3n) is 4.24. The number of nitrogens with zero attached hydrogens (tertiary/aromatic N) is 2. The third-order valence-corrected chi connectivity index (χ3v) is 6.36. The Morgan fingerprint density at radius 2 is 2.05 bits per heavy atom. The Morgan fingerprint density at radius 3 is 2.68 bits per heavy atom. The molecule has 0 aliphatic carbocycles. The Balaban J connectivity index is 1.95. The molecule has 1 aromatic heterocycles. The highest BCUT2D eigenvalue weighted by molar-refractivity contribution is 7.86. The molecule has 1 N–H and O–H groups in total. The first-order valence-corrected chi connectivity index (χ1v) is 7.87. The second-order valence-corrected chi connectivity index (χ2v) is 7.51. The van der Waals surface area contributed by atoms with Gasteiger partial charge in [-0.1, -0.05) is 6.42 Å². The Morgan fingerprint density at radius 1 is 1.37 bits per heavy atom. The molecule has 2 bridgehead atoms. The molecular weight excluding hydrogens is 260 g/mol. The number of aliphatic hydroxyl groups is 1. The molecule has 3 heterocycles. The number of fused-ring (bicyclic) bond motifs is 2. The van der Waals surface area contributed by atoms with Crippen molar-refractivity contribution in [3.05, 3.63) is 29.6 Å². The summed E-state index contributed by atoms with van der Waals surface area (Å²) in [5.41, 5.74) is 0.187. The lowest BCUT2D eigenvalue weighted by Gasteiger charge is -2.43. The van der Waals surface area contributed by atoms with Crippen molar-refractivity contribution in [3.8, 4) is 6.07 Å². The number of nitriles is 1. The number of hydrogen-bond donors (Lipinski definition) is 1. The first kappa shape index (κ1) is 12.8. The summed E-state index contributed by atoms with van der Waals surface area (Å²) >= 11 is 0. The van der Waals surface area contributed by atoms with Crippen LogP contribution in [0.4, 0.5) is 0 Å². The zero-order valence-electron chi connectivity index (χ0n) is 10.6. The molecule has 2 aliphatic heterocycles. The van der Waals surface area contributed by atoms with E-state index >= 15 is 0 Å². The van der Waals surface area contributed by atoms with E-state index in [0.717, 1.165) is 19.3 Å². The molecule has 0 aromatic carbocycles. The van der Waals surface area contributed by atoms with Crippen LogP contribution < -0.4 is 0 Å². The fraction of sp³-hybridized carbons (Fsp3) is 0.571. The summed E-state index contributed by atoms with van der Waals surface area (Å²) in [6.07, 6.45) is 7.13. The smallest absolute Gasteiger partial charge is 0.101 e. The van der Waals surface area contributed by atoms with Crippen LogP contribution in [-0.2, 0) is 16.4 Å². The minimum absolute atomic E-state index is 0.0863.